The minimum Gasteiger partial charge on any atom is -0.356 e. The molecule has 1 unspecified atom stereocenters. The largest absolute Gasteiger partial charge is 0.356 e. The highest BCUT2D eigenvalue weighted by Crippen LogP contribution is 2.21. The van der Waals surface area contributed by atoms with Crippen molar-refractivity contribution in [3.63, 3.8) is 0 Å². The topological polar surface area (TPSA) is 45.5 Å². The number of hydrogen-bond donors (Lipinski definition) is 1. The van der Waals surface area contributed by atoms with Crippen LogP contribution in [-0.2, 0) is 13.0 Å². The number of aromatic nitrogens is 2. The number of nitrogens with zero attached hydrogens (tertiary/aromatic N) is 4. The van der Waals surface area contributed by atoms with Gasteiger partial charge in [0.25, 0.3) is 0 Å². The summed E-state index contributed by atoms with van der Waals surface area (Å²) in [6, 6.07) is 12.8. The molecule has 0 amide bonds. The Morgan fingerprint density at radius 2 is 2.00 bits per heavy atom. The van der Waals surface area contributed by atoms with Crippen molar-refractivity contribution < 1.29 is 0 Å². The van der Waals surface area contributed by atoms with E-state index < -0.39 is 0 Å². The summed E-state index contributed by atoms with van der Waals surface area (Å²) in [7, 11) is 1.89. The van der Waals surface area contributed by atoms with Crippen molar-refractivity contribution >= 4 is 5.96 Å². The highest BCUT2D eigenvalue weighted by atomic mass is 15.3. The van der Waals surface area contributed by atoms with Crippen LogP contribution in [0.15, 0.2) is 53.8 Å². The first-order valence-corrected chi connectivity index (χ1v) is 9.71. The zero-order valence-electron chi connectivity index (χ0n) is 16.0. The second-order valence-corrected chi connectivity index (χ2v) is 7.38. The Bertz CT molecular complexity index is 657. The molecule has 5 nitrogen and oxygen atoms in total. The van der Waals surface area contributed by atoms with Gasteiger partial charge in [-0.05, 0) is 42.7 Å². The van der Waals surface area contributed by atoms with Crippen LogP contribution in [0, 0.1) is 11.8 Å². The number of likely N-dealkylation sites (tertiary alicyclic amines) is 1. The van der Waals surface area contributed by atoms with E-state index in [4.69, 9.17) is 0 Å². The second kappa shape index (κ2) is 9.41. The third kappa shape index (κ3) is 5.35. The predicted molar refractivity (Wildman–Crippen MR) is 107 cm³/mol. The summed E-state index contributed by atoms with van der Waals surface area (Å²) in [6.45, 7) is 6.26. The molecule has 1 fully saturated rings. The molecule has 140 valence electrons. The molecule has 1 aromatic carbocycles. The highest BCUT2D eigenvalue weighted by molar-refractivity contribution is 5.79. The Kier molecular flexibility index (Phi) is 6.69. The van der Waals surface area contributed by atoms with Gasteiger partial charge in [-0.2, -0.15) is 5.10 Å². The molecule has 1 atom stereocenters. The zero-order chi connectivity index (χ0) is 18.2. The Hall–Kier alpha value is -2.30. The van der Waals surface area contributed by atoms with E-state index in [0.717, 1.165) is 38.1 Å². The summed E-state index contributed by atoms with van der Waals surface area (Å²) in [4.78, 5) is 6.90. The quantitative estimate of drug-likeness (QED) is 0.641. The van der Waals surface area contributed by atoms with Crippen molar-refractivity contribution in [3.8, 4) is 0 Å². The number of aliphatic imine (C=N–C) groups is 1. The van der Waals surface area contributed by atoms with Gasteiger partial charge in [-0.15, -0.1) is 0 Å². The minimum absolute atomic E-state index is 0.502. The molecular weight excluding hydrogens is 322 g/mol. The van der Waals surface area contributed by atoms with E-state index in [9.17, 15) is 0 Å². The molecule has 0 spiro atoms. The summed E-state index contributed by atoms with van der Waals surface area (Å²) in [5.41, 5.74) is 1.46. The van der Waals surface area contributed by atoms with Crippen molar-refractivity contribution in [2.24, 2.45) is 16.8 Å². The van der Waals surface area contributed by atoms with Gasteiger partial charge in [0, 0.05) is 45.6 Å². The summed E-state index contributed by atoms with van der Waals surface area (Å²) in [6.07, 6.45) is 7.51. The Labute approximate surface area is 157 Å². The number of nitrogens with one attached hydrogen (secondary N) is 1. The second-order valence-electron chi connectivity index (χ2n) is 7.38. The molecule has 2 aromatic rings. The molecule has 1 N–H and O–H groups in total. The van der Waals surface area contributed by atoms with Crippen LogP contribution < -0.4 is 5.32 Å². The smallest absolute Gasteiger partial charge is 0.193 e. The normalized spacial score (nSPS) is 17.3. The third-order valence-electron chi connectivity index (χ3n) is 5.16. The van der Waals surface area contributed by atoms with E-state index in [1.807, 2.05) is 30.2 Å². The van der Waals surface area contributed by atoms with Crippen LogP contribution >= 0.6 is 0 Å². The van der Waals surface area contributed by atoms with Crippen LogP contribution in [0.2, 0.25) is 0 Å². The van der Waals surface area contributed by atoms with E-state index in [2.05, 4.69) is 57.6 Å². The average Bonchev–Trinajstić information content (AvgIpc) is 3.17. The summed E-state index contributed by atoms with van der Waals surface area (Å²) < 4.78 is 1.99. The molecular formula is C21H31N5. The van der Waals surface area contributed by atoms with Crippen molar-refractivity contribution in [3.05, 3.63) is 54.4 Å². The van der Waals surface area contributed by atoms with Crippen molar-refractivity contribution in [2.45, 2.75) is 32.7 Å². The fourth-order valence-corrected chi connectivity index (χ4v) is 3.69. The van der Waals surface area contributed by atoms with Crippen molar-refractivity contribution in [1.29, 1.82) is 0 Å². The van der Waals surface area contributed by atoms with Crippen LogP contribution in [-0.4, -0.2) is 47.3 Å². The molecule has 0 aliphatic carbocycles. The maximum absolute atomic E-state index is 4.50. The van der Waals surface area contributed by atoms with Crippen molar-refractivity contribution in [1.82, 2.24) is 20.0 Å². The van der Waals surface area contributed by atoms with Crippen LogP contribution in [0.1, 0.15) is 25.3 Å². The zero-order valence-corrected chi connectivity index (χ0v) is 16.0. The number of benzene rings is 1. The van der Waals surface area contributed by atoms with Gasteiger partial charge in [-0.3, -0.25) is 9.67 Å². The summed E-state index contributed by atoms with van der Waals surface area (Å²) in [5, 5.41) is 7.83. The first-order chi connectivity index (χ1) is 12.7. The molecule has 0 bridgehead atoms. The van der Waals surface area contributed by atoms with Gasteiger partial charge in [0.05, 0.1) is 0 Å². The van der Waals surface area contributed by atoms with Gasteiger partial charge in [0.15, 0.2) is 5.96 Å². The molecule has 1 aromatic heterocycles. The third-order valence-corrected chi connectivity index (χ3v) is 5.16. The maximum Gasteiger partial charge on any atom is 0.193 e. The van der Waals surface area contributed by atoms with Gasteiger partial charge in [0.1, 0.15) is 0 Å². The molecule has 2 heterocycles. The van der Waals surface area contributed by atoms with Crippen molar-refractivity contribution in [2.75, 3.05) is 26.7 Å². The summed E-state index contributed by atoms with van der Waals surface area (Å²) in [5.74, 6) is 2.32. The lowest BCUT2D eigenvalue weighted by molar-refractivity contribution is 0.257. The number of hydrogen-bond acceptors (Lipinski definition) is 2. The molecule has 1 aliphatic heterocycles. The number of piperidine rings is 1. The molecule has 1 saturated heterocycles. The van der Waals surface area contributed by atoms with Crippen LogP contribution in [0.3, 0.4) is 0 Å². The fraction of sp³-hybridized carbons (Fsp3) is 0.524. The van der Waals surface area contributed by atoms with E-state index in [1.165, 1.54) is 24.8 Å². The Morgan fingerprint density at radius 3 is 2.65 bits per heavy atom. The maximum atomic E-state index is 4.50. The number of guanidine groups is 1. The molecule has 0 saturated carbocycles. The van der Waals surface area contributed by atoms with Gasteiger partial charge in [0.2, 0.25) is 0 Å². The Morgan fingerprint density at radius 1 is 1.23 bits per heavy atom. The first kappa shape index (κ1) is 18.5. The van der Waals surface area contributed by atoms with E-state index in [0.29, 0.717) is 5.92 Å². The molecule has 0 radical (unpaired) electrons. The standard InChI is InChI=1S/C21H31N5/c1-18(17-26-12-6-11-24-26)16-23-21(22-2)25-13-9-20(10-14-25)15-19-7-4-3-5-8-19/h3-8,11-12,18,20H,9-10,13-17H2,1-2H3,(H,22,23). The van der Waals surface area contributed by atoms with Crippen LogP contribution in [0.4, 0.5) is 0 Å². The van der Waals surface area contributed by atoms with Crippen LogP contribution in [0.5, 0.6) is 0 Å². The Balaban J connectivity index is 1.42. The number of rotatable bonds is 6. The molecule has 3 rings (SSSR count). The molecule has 1 aliphatic rings. The minimum atomic E-state index is 0.502. The fourth-order valence-electron chi connectivity index (χ4n) is 3.69. The van der Waals surface area contributed by atoms with Gasteiger partial charge in [-0.1, -0.05) is 37.3 Å². The van der Waals surface area contributed by atoms with E-state index >= 15 is 0 Å². The first-order valence-electron chi connectivity index (χ1n) is 9.71. The van der Waals surface area contributed by atoms with Crippen LogP contribution in [0.25, 0.3) is 0 Å². The molecule has 26 heavy (non-hydrogen) atoms. The highest BCUT2D eigenvalue weighted by Gasteiger charge is 2.21. The lowest BCUT2D eigenvalue weighted by Gasteiger charge is -2.34. The SMILES string of the molecule is CN=C(NCC(C)Cn1cccn1)N1CCC(Cc2ccccc2)CC1. The summed E-state index contributed by atoms with van der Waals surface area (Å²) >= 11 is 0. The molecule has 5 heteroatoms. The van der Waals surface area contributed by atoms with Gasteiger partial charge >= 0.3 is 0 Å². The van der Waals surface area contributed by atoms with Gasteiger partial charge < -0.3 is 10.2 Å². The lowest BCUT2D eigenvalue weighted by Crippen LogP contribution is -2.47. The lowest BCUT2D eigenvalue weighted by atomic mass is 9.90. The van der Waals surface area contributed by atoms with E-state index in [-0.39, 0.29) is 0 Å². The van der Waals surface area contributed by atoms with E-state index in [1.54, 1.807) is 0 Å². The predicted octanol–water partition coefficient (Wildman–Crippen LogP) is 3.05. The van der Waals surface area contributed by atoms with Gasteiger partial charge in [-0.25, -0.2) is 0 Å². The average molecular weight is 354 g/mol. The monoisotopic (exact) mass is 353 g/mol.